The number of hydrogen-bond donors (Lipinski definition) is 1. The molecule has 0 aromatic rings. The molecule has 0 saturated heterocycles. The fourth-order valence-electron chi connectivity index (χ4n) is 4.47. The van der Waals surface area contributed by atoms with Crippen molar-refractivity contribution in [3.63, 3.8) is 0 Å². The number of rotatable bonds is 12. The molecule has 2 rings (SSSR count). The quantitative estimate of drug-likeness (QED) is 0.462. The first-order valence-electron chi connectivity index (χ1n) is 9.50. The molecule has 118 valence electrons. The summed E-state index contributed by atoms with van der Waals surface area (Å²) < 4.78 is 0. The number of unbranched alkanes of at least 4 members (excludes halogenated alkanes) is 7. The van der Waals surface area contributed by atoms with E-state index in [9.17, 15) is 0 Å². The fourth-order valence-corrected chi connectivity index (χ4v) is 4.47. The molecule has 1 heteroatoms. The highest BCUT2D eigenvalue weighted by Gasteiger charge is 2.52. The number of hydrogen-bond acceptors (Lipinski definition) is 1. The highest BCUT2D eigenvalue weighted by atomic mass is 14.9. The Labute approximate surface area is 127 Å². The van der Waals surface area contributed by atoms with E-state index in [1.807, 2.05) is 0 Å². The molecule has 2 aliphatic carbocycles. The van der Waals surface area contributed by atoms with Gasteiger partial charge in [0.15, 0.2) is 0 Å². The van der Waals surface area contributed by atoms with Crippen molar-refractivity contribution < 1.29 is 0 Å². The lowest BCUT2D eigenvalue weighted by Crippen LogP contribution is -2.33. The van der Waals surface area contributed by atoms with Crippen molar-refractivity contribution in [1.29, 1.82) is 0 Å². The van der Waals surface area contributed by atoms with Crippen LogP contribution in [-0.4, -0.2) is 13.1 Å². The summed E-state index contributed by atoms with van der Waals surface area (Å²) in [6.07, 6.45) is 17.8. The predicted octanol–water partition coefficient (Wildman–Crippen LogP) is 5.54. The predicted molar refractivity (Wildman–Crippen MR) is 89.0 cm³/mol. The van der Waals surface area contributed by atoms with Gasteiger partial charge in [0.2, 0.25) is 0 Å². The van der Waals surface area contributed by atoms with Crippen LogP contribution >= 0.6 is 0 Å². The van der Waals surface area contributed by atoms with Crippen molar-refractivity contribution in [2.45, 2.75) is 90.9 Å². The molecule has 2 unspecified atom stereocenters. The van der Waals surface area contributed by atoms with E-state index in [1.54, 1.807) is 19.3 Å². The molecule has 0 amide bonds. The molecule has 0 radical (unpaired) electrons. The van der Waals surface area contributed by atoms with Crippen LogP contribution in [-0.2, 0) is 0 Å². The Bertz CT molecular complexity index is 250. The minimum absolute atomic E-state index is 0.700. The van der Waals surface area contributed by atoms with Gasteiger partial charge in [0.05, 0.1) is 0 Å². The zero-order chi connectivity index (χ0) is 14.3. The van der Waals surface area contributed by atoms with Crippen molar-refractivity contribution in [2.75, 3.05) is 13.1 Å². The van der Waals surface area contributed by atoms with Crippen LogP contribution in [0.5, 0.6) is 0 Å². The fraction of sp³-hybridized carbons (Fsp3) is 1.00. The van der Waals surface area contributed by atoms with Gasteiger partial charge in [-0.3, -0.25) is 0 Å². The second kappa shape index (κ2) is 8.41. The first-order valence-corrected chi connectivity index (χ1v) is 9.50. The molecule has 2 fully saturated rings. The number of nitrogens with one attached hydrogen (secondary N) is 1. The topological polar surface area (TPSA) is 12.0 Å². The van der Waals surface area contributed by atoms with Crippen LogP contribution < -0.4 is 5.32 Å². The minimum Gasteiger partial charge on any atom is -0.316 e. The van der Waals surface area contributed by atoms with Crippen molar-refractivity contribution in [3.8, 4) is 0 Å². The molecule has 2 aliphatic rings. The van der Waals surface area contributed by atoms with E-state index < -0.39 is 0 Å². The zero-order valence-corrected chi connectivity index (χ0v) is 14.1. The van der Waals surface area contributed by atoms with Crippen molar-refractivity contribution in [2.24, 2.45) is 17.3 Å². The minimum atomic E-state index is 0.700. The molecule has 1 N–H and O–H groups in total. The Balaban J connectivity index is 1.54. The number of fused-ring (bicyclic) bond motifs is 1. The summed E-state index contributed by atoms with van der Waals surface area (Å²) in [6, 6.07) is 0. The van der Waals surface area contributed by atoms with Crippen LogP contribution in [0.1, 0.15) is 90.9 Å². The third-order valence-corrected chi connectivity index (χ3v) is 5.77. The van der Waals surface area contributed by atoms with E-state index in [1.165, 1.54) is 64.3 Å². The van der Waals surface area contributed by atoms with E-state index in [-0.39, 0.29) is 0 Å². The van der Waals surface area contributed by atoms with Crippen molar-refractivity contribution in [1.82, 2.24) is 5.32 Å². The third-order valence-electron chi connectivity index (χ3n) is 5.77. The molecule has 0 aromatic heterocycles. The van der Waals surface area contributed by atoms with E-state index in [0.29, 0.717) is 5.41 Å². The van der Waals surface area contributed by atoms with Crippen molar-refractivity contribution in [3.05, 3.63) is 0 Å². The second-order valence-electron chi connectivity index (χ2n) is 7.67. The molecule has 0 aromatic carbocycles. The Hall–Kier alpha value is -0.0400. The standard InChI is InChI=1S/C19H37N/c1-3-5-6-7-8-9-10-11-12-19(16-20-4-2)14-17-13-18(17)15-19/h17-18,20H,3-16H2,1-2H3. The molecule has 0 heterocycles. The van der Waals surface area contributed by atoms with E-state index in [2.05, 4.69) is 19.2 Å². The molecular weight excluding hydrogens is 242 g/mol. The van der Waals surface area contributed by atoms with E-state index in [0.717, 1.165) is 18.4 Å². The lowest BCUT2D eigenvalue weighted by molar-refractivity contribution is 0.223. The van der Waals surface area contributed by atoms with Gasteiger partial charge in [0, 0.05) is 6.54 Å². The average Bonchev–Trinajstić information content (AvgIpc) is 3.08. The van der Waals surface area contributed by atoms with E-state index in [4.69, 9.17) is 0 Å². The van der Waals surface area contributed by atoms with Gasteiger partial charge in [0.25, 0.3) is 0 Å². The molecule has 20 heavy (non-hydrogen) atoms. The van der Waals surface area contributed by atoms with Crippen LogP contribution in [0.4, 0.5) is 0 Å². The van der Waals surface area contributed by atoms with E-state index >= 15 is 0 Å². The van der Waals surface area contributed by atoms with Gasteiger partial charge in [0.1, 0.15) is 0 Å². The average molecular weight is 280 g/mol. The van der Waals surface area contributed by atoms with Gasteiger partial charge in [-0.2, -0.15) is 0 Å². The summed E-state index contributed by atoms with van der Waals surface area (Å²) in [4.78, 5) is 0. The zero-order valence-electron chi connectivity index (χ0n) is 14.1. The Kier molecular flexibility index (Phi) is 6.87. The van der Waals surface area contributed by atoms with Crippen molar-refractivity contribution >= 4 is 0 Å². The largest absolute Gasteiger partial charge is 0.316 e. The van der Waals surface area contributed by atoms with Crippen LogP contribution in [0.15, 0.2) is 0 Å². The monoisotopic (exact) mass is 279 g/mol. The Morgan fingerprint density at radius 1 is 0.850 bits per heavy atom. The summed E-state index contributed by atoms with van der Waals surface area (Å²) in [5.74, 6) is 2.25. The summed E-state index contributed by atoms with van der Waals surface area (Å²) in [7, 11) is 0. The molecule has 1 nitrogen and oxygen atoms in total. The molecule has 0 spiro atoms. The van der Waals surface area contributed by atoms with Gasteiger partial charge in [-0.1, -0.05) is 65.2 Å². The Morgan fingerprint density at radius 2 is 1.45 bits per heavy atom. The van der Waals surface area contributed by atoms with Gasteiger partial charge in [-0.05, 0) is 49.5 Å². The highest BCUT2D eigenvalue weighted by molar-refractivity contribution is 5.03. The smallest absolute Gasteiger partial charge is 0.000790 e. The van der Waals surface area contributed by atoms with Gasteiger partial charge >= 0.3 is 0 Å². The van der Waals surface area contributed by atoms with Gasteiger partial charge in [-0.25, -0.2) is 0 Å². The summed E-state index contributed by atoms with van der Waals surface area (Å²) in [5.41, 5.74) is 0.700. The molecule has 0 aliphatic heterocycles. The molecular formula is C19H37N. The van der Waals surface area contributed by atoms with Crippen LogP contribution in [0.3, 0.4) is 0 Å². The Morgan fingerprint density at radius 3 is 2.05 bits per heavy atom. The van der Waals surface area contributed by atoms with Gasteiger partial charge in [-0.15, -0.1) is 0 Å². The maximum atomic E-state index is 3.65. The SMILES string of the molecule is CCCCCCCCCCC1(CNCC)CC2CC2C1. The maximum Gasteiger partial charge on any atom is 0.000790 e. The van der Waals surface area contributed by atoms with Crippen LogP contribution in [0.25, 0.3) is 0 Å². The highest BCUT2D eigenvalue weighted by Crippen LogP contribution is 2.61. The lowest BCUT2D eigenvalue weighted by atomic mass is 9.78. The third kappa shape index (κ3) is 5.06. The summed E-state index contributed by atoms with van der Waals surface area (Å²) in [6.45, 7) is 7.00. The van der Waals surface area contributed by atoms with Gasteiger partial charge < -0.3 is 5.32 Å². The summed E-state index contributed by atoms with van der Waals surface area (Å²) in [5, 5.41) is 3.65. The molecule has 2 atom stereocenters. The summed E-state index contributed by atoms with van der Waals surface area (Å²) >= 11 is 0. The first-order chi connectivity index (χ1) is 9.79. The maximum absolute atomic E-state index is 3.65. The van der Waals surface area contributed by atoms with Crippen LogP contribution in [0, 0.1) is 17.3 Å². The normalized spacial score (nSPS) is 31.5. The molecule has 0 bridgehead atoms. The van der Waals surface area contributed by atoms with Crippen LogP contribution in [0.2, 0.25) is 0 Å². The lowest BCUT2D eigenvalue weighted by Gasteiger charge is -2.31. The second-order valence-corrected chi connectivity index (χ2v) is 7.67. The molecule has 2 saturated carbocycles. The first kappa shape index (κ1) is 16.3.